The van der Waals surface area contributed by atoms with Crippen LogP contribution in [0.3, 0.4) is 0 Å². The predicted molar refractivity (Wildman–Crippen MR) is 82.8 cm³/mol. The van der Waals surface area contributed by atoms with Gasteiger partial charge in [-0.25, -0.2) is 9.97 Å². The Kier molecular flexibility index (Phi) is 3.35. The van der Waals surface area contributed by atoms with E-state index >= 15 is 0 Å². The number of nitrogens with one attached hydrogen (secondary N) is 1. The number of fused-ring (bicyclic) bond motifs is 1. The SMILES string of the molecule is Cc1cc(C)n2c(CNc3nnc(C(C)(C)C)o3)cnc2n1. The van der Waals surface area contributed by atoms with E-state index in [1.54, 1.807) is 0 Å². The number of hydrogen-bond acceptors (Lipinski definition) is 6. The summed E-state index contributed by atoms with van der Waals surface area (Å²) in [5.41, 5.74) is 2.89. The molecule has 0 radical (unpaired) electrons. The fraction of sp³-hybridized carbons (Fsp3) is 0.467. The Balaban J connectivity index is 1.81. The summed E-state index contributed by atoms with van der Waals surface area (Å²) in [5, 5.41) is 11.2. The van der Waals surface area contributed by atoms with E-state index in [1.807, 2.05) is 51.3 Å². The Morgan fingerprint density at radius 2 is 2.00 bits per heavy atom. The lowest BCUT2D eigenvalue weighted by atomic mass is 9.97. The lowest BCUT2D eigenvalue weighted by molar-refractivity contribution is 0.399. The van der Waals surface area contributed by atoms with Crippen LogP contribution >= 0.6 is 0 Å². The van der Waals surface area contributed by atoms with Crippen LogP contribution in [-0.4, -0.2) is 24.6 Å². The van der Waals surface area contributed by atoms with Crippen LogP contribution in [0.25, 0.3) is 5.78 Å². The molecule has 0 unspecified atom stereocenters. The molecule has 0 aliphatic rings. The number of rotatable bonds is 3. The second kappa shape index (κ2) is 5.08. The Hall–Kier alpha value is -2.44. The van der Waals surface area contributed by atoms with Crippen molar-refractivity contribution in [2.75, 3.05) is 5.32 Å². The first kappa shape index (κ1) is 14.5. The smallest absolute Gasteiger partial charge is 0.315 e. The summed E-state index contributed by atoms with van der Waals surface area (Å²) in [6.45, 7) is 10.6. The summed E-state index contributed by atoms with van der Waals surface area (Å²) >= 11 is 0. The minimum absolute atomic E-state index is 0.158. The van der Waals surface area contributed by atoms with Crippen LogP contribution in [-0.2, 0) is 12.0 Å². The lowest BCUT2D eigenvalue weighted by Gasteiger charge is -2.11. The monoisotopic (exact) mass is 300 g/mol. The minimum Gasteiger partial charge on any atom is -0.408 e. The Morgan fingerprint density at radius 1 is 1.23 bits per heavy atom. The maximum Gasteiger partial charge on any atom is 0.315 e. The van der Waals surface area contributed by atoms with Crippen LogP contribution in [0.4, 0.5) is 6.01 Å². The van der Waals surface area contributed by atoms with Gasteiger partial charge in [0.15, 0.2) is 0 Å². The average Bonchev–Trinajstić information content (AvgIpc) is 3.01. The van der Waals surface area contributed by atoms with Crippen molar-refractivity contribution in [1.82, 2.24) is 24.6 Å². The highest BCUT2D eigenvalue weighted by Gasteiger charge is 2.21. The molecule has 3 aromatic rings. The maximum atomic E-state index is 5.63. The molecular formula is C15H20N6O. The van der Waals surface area contributed by atoms with Crippen molar-refractivity contribution in [3.05, 3.63) is 35.2 Å². The molecule has 0 fully saturated rings. The highest BCUT2D eigenvalue weighted by Crippen LogP contribution is 2.22. The van der Waals surface area contributed by atoms with Crippen molar-refractivity contribution in [1.29, 1.82) is 0 Å². The minimum atomic E-state index is -0.158. The molecule has 3 aromatic heterocycles. The molecule has 0 bridgehead atoms. The summed E-state index contributed by atoms with van der Waals surface area (Å²) in [4.78, 5) is 8.76. The number of aryl methyl sites for hydroxylation is 2. The first-order chi connectivity index (χ1) is 10.3. The number of anilines is 1. The Morgan fingerprint density at radius 3 is 2.68 bits per heavy atom. The lowest BCUT2D eigenvalue weighted by Crippen LogP contribution is -2.11. The van der Waals surface area contributed by atoms with Crippen LogP contribution in [0, 0.1) is 13.8 Å². The molecule has 0 atom stereocenters. The maximum absolute atomic E-state index is 5.63. The summed E-state index contributed by atoms with van der Waals surface area (Å²) in [6.07, 6.45) is 1.81. The summed E-state index contributed by atoms with van der Waals surface area (Å²) in [7, 11) is 0. The van der Waals surface area contributed by atoms with Crippen molar-refractivity contribution in [3.63, 3.8) is 0 Å². The molecule has 116 valence electrons. The van der Waals surface area contributed by atoms with Gasteiger partial charge >= 0.3 is 6.01 Å². The van der Waals surface area contributed by atoms with Gasteiger partial charge in [-0.3, -0.25) is 4.40 Å². The van der Waals surface area contributed by atoms with Crippen LogP contribution in [0.2, 0.25) is 0 Å². The van der Waals surface area contributed by atoms with Gasteiger partial charge in [0.2, 0.25) is 11.7 Å². The molecule has 0 spiro atoms. The molecule has 0 saturated heterocycles. The van der Waals surface area contributed by atoms with Gasteiger partial charge in [0.1, 0.15) is 0 Å². The predicted octanol–water partition coefficient (Wildman–Crippen LogP) is 2.64. The van der Waals surface area contributed by atoms with Gasteiger partial charge in [0.05, 0.1) is 18.4 Å². The first-order valence-electron chi connectivity index (χ1n) is 7.23. The van der Waals surface area contributed by atoms with Crippen molar-refractivity contribution in [2.45, 2.75) is 46.6 Å². The molecule has 3 heterocycles. The van der Waals surface area contributed by atoms with E-state index < -0.39 is 0 Å². The molecule has 7 nitrogen and oxygen atoms in total. The summed E-state index contributed by atoms with van der Waals surface area (Å²) < 4.78 is 7.64. The zero-order valence-corrected chi connectivity index (χ0v) is 13.5. The zero-order valence-electron chi connectivity index (χ0n) is 13.5. The molecule has 0 amide bonds. The van der Waals surface area contributed by atoms with E-state index in [1.165, 1.54) is 0 Å². The van der Waals surface area contributed by atoms with E-state index in [9.17, 15) is 0 Å². The van der Waals surface area contributed by atoms with Crippen LogP contribution in [0.15, 0.2) is 16.7 Å². The zero-order chi connectivity index (χ0) is 15.9. The van der Waals surface area contributed by atoms with Crippen LogP contribution < -0.4 is 5.32 Å². The molecule has 0 aliphatic heterocycles. The molecule has 22 heavy (non-hydrogen) atoms. The number of imidazole rings is 1. The highest BCUT2D eigenvalue weighted by atomic mass is 16.4. The Labute approximate surface area is 128 Å². The molecule has 0 saturated carbocycles. The number of aromatic nitrogens is 5. The molecule has 1 N–H and O–H groups in total. The van der Waals surface area contributed by atoms with E-state index in [0.717, 1.165) is 17.1 Å². The molecular weight excluding hydrogens is 280 g/mol. The second-order valence-corrected chi connectivity index (χ2v) is 6.44. The van der Waals surface area contributed by atoms with Crippen molar-refractivity contribution < 1.29 is 4.42 Å². The van der Waals surface area contributed by atoms with Gasteiger partial charge in [-0.15, -0.1) is 5.10 Å². The van der Waals surface area contributed by atoms with Gasteiger partial charge in [-0.1, -0.05) is 25.9 Å². The van der Waals surface area contributed by atoms with Crippen molar-refractivity contribution in [2.24, 2.45) is 0 Å². The topological polar surface area (TPSA) is 81.1 Å². The molecule has 3 rings (SSSR count). The highest BCUT2D eigenvalue weighted by molar-refractivity contribution is 5.36. The largest absolute Gasteiger partial charge is 0.408 e. The number of hydrogen-bond donors (Lipinski definition) is 1. The van der Waals surface area contributed by atoms with E-state index in [-0.39, 0.29) is 5.41 Å². The van der Waals surface area contributed by atoms with E-state index in [4.69, 9.17) is 4.42 Å². The third-order valence-corrected chi connectivity index (χ3v) is 3.35. The summed E-state index contributed by atoms with van der Waals surface area (Å²) in [6, 6.07) is 2.44. The quantitative estimate of drug-likeness (QED) is 0.801. The third kappa shape index (κ3) is 2.66. The summed E-state index contributed by atoms with van der Waals surface area (Å²) in [5.74, 6) is 1.32. The van der Waals surface area contributed by atoms with Gasteiger partial charge in [0.25, 0.3) is 0 Å². The van der Waals surface area contributed by atoms with Gasteiger partial charge in [-0.05, 0) is 19.9 Å². The van der Waals surface area contributed by atoms with Crippen LogP contribution in [0.5, 0.6) is 0 Å². The normalized spacial score (nSPS) is 12.0. The van der Waals surface area contributed by atoms with Gasteiger partial charge in [0, 0.05) is 16.8 Å². The van der Waals surface area contributed by atoms with E-state index in [0.29, 0.717) is 24.2 Å². The second-order valence-electron chi connectivity index (χ2n) is 6.44. The molecule has 0 aliphatic carbocycles. The standard InChI is InChI=1S/C15H20N6O/c1-9-6-10(2)21-11(7-16-13(21)18-9)8-17-14-20-19-12(22-14)15(3,4)5/h6-7H,8H2,1-5H3,(H,17,20). The average molecular weight is 300 g/mol. The van der Waals surface area contributed by atoms with Crippen molar-refractivity contribution in [3.8, 4) is 0 Å². The fourth-order valence-electron chi connectivity index (χ4n) is 2.28. The van der Waals surface area contributed by atoms with Crippen LogP contribution in [0.1, 0.15) is 43.7 Å². The number of nitrogens with zero attached hydrogens (tertiary/aromatic N) is 5. The van der Waals surface area contributed by atoms with Crippen molar-refractivity contribution >= 4 is 11.8 Å². The fourth-order valence-corrected chi connectivity index (χ4v) is 2.28. The third-order valence-electron chi connectivity index (χ3n) is 3.35. The molecule has 7 heteroatoms. The van der Waals surface area contributed by atoms with E-state index in [2.05, 4.69) is 25.5 Å². The first-order valence-corrected chi connectivity index (χ1v) is 7.23. The molecule has 0 aromatic carbocycles. The van der Waals surface area contributed by atoms with Gasteiger partial charge < -0.3 is 9.73 Å². The van der Waals surface area contributed by atoms with Gasteiger partial charge in [-0.2, -0.15) is 0 Å². The Bertz CT molecular complexity index is 811.